The minimum absolute atomic E-state index is 0.573. The molecule has 0 spiro atoms. The molecule has 0 radical (unpaired) electrons. The summed E-state index contributed by atoms with van der Waals surface area (Å²) in [6, 6.07) is 10.0. The van der Waals surface area contributed by atoms with Crippen molar-refractivity contribution in [1.82, 2.24) is 4.90 Å². The van der Waals surface area contributed by atoms with Crippen LogP contribution in [-0.2, 0) is 0 Å². The molecule has 104 valence electrons. The summed E-state index contributed by atoms with van der Waals surface area (Å²) in [7, 11) is 0. The lowest BCUT2D eigenvalue weighted by atomic mass is 10.2. The van der Waals surface area contributed by atoms with Crippen molar-refractivity contribution in [1.29, 1.82) is 5.26 Å². The third-order valence-electron chi connectivity index (χ3n) is 2.64. The molecule has 0 saturated carbocycles. The maximum absolute atomic E-state index is 8.67. The normalized spacial score (nSPS) is 10.7. The zero-order chi connectivity index (χ0) is 14.1. The van der Waals surface area contributed by atoms with Crippen molar-refractivity contribution in [3.63, 3.8) is 0 Å². The third-order valence-corrected chi connectivity index (χ3v) is 3.13. The molecular weight excluding hydrogens is 304 g/mol. The van der Waals surface area contributed by atoms with Crippen molar-refractivity contribution in [2.45, 2.75) is 20.3 Å². The molecule has 19 heavy (non-hydrogen) atoms. The Morgan fingerprint density at radius 2 is 2.16 bits per heavy atom. The van der Waals surface area contributed by atoms with Crippen molar-refractivity contribution in [2.24, 2.45) is 5.92 Å². The molecule has 3 nitrogen and oxygen atoms in total. The first-order valence-electron chi connectivity index (χ1n) is 6.59. The van der Waals surface area contributed by atoms with Gasteiger partial charge >= 0.3 is 0 Å². The first-order valence-corrected chi connectivity index (χ1v) is 7.38. The van der Waals surface area contributed by atoms with Gasteiger partial charge in [-0.1, -0.05) is 35.8 Å². The minimum Gasteiger partial charge on any atom is -0.492 e. The van der Waals surface area contributed by atoms with E-state index in [1.807, 2.05) is 24.3 Å². The van der Waals surface area contributed by atoms with Crippen LogP contribution in [0.4, 0.5) is 0 Å². The Kier molecular flexibility index (Phi) is 7.54. The predicted molar refractivity (Wildman–Crippen MR) is 81.1 cm³/mol. The average Bonchev–Trinajstić information content (AvgIpc) is 2.35. The van der Waals surface area contributed by atoms with E-state index in [1.54, 1.807) is 0 Å². The van der Waals surface area contributed by atoms with E-state index in [2.05, 4.69) is 40.7 Å². The topological polar surface area (TPSA) is 36.3 Å². The lowest BCUT2D eigenvalue weighted by molar-refractivity contribution is 0.195. The van der Waals surface area contributed by atoms with E-state index in [1.165, 1.54) is 0 Å². The second-order valence-corrected chi connectivity index (χ2v) is 5.82. The van der Waals surface area contributed by atoms with Crippen molar-refractivity contribution in [2.75, 3.05) is 26.2 Å². The van der Waals surface area contributed by atoms with Crippen molar-refractivity contribution < 1.29 is 4.74 Å². The fourth-order valence-electron chi connectivity index (χ4n) is 1.87. The summed E-state index contributed by atoms with van der Waals surface area (Å²) in [6.45, 7) is 7.70. The highest BCUT2D eigenvalue weighted by molar-refractivity contribution is 9.10. The number of hydrogen-bond acceptors (Lipinski definition) is 3. The molecule has 0 unspecified atom stereocenters. The molecule has 0 amide bonds. The van der Waals surface area contributed by atoms with E-state index in [4.69, 9.17) is 10.00 Å². The summed E-state index contributed by atoms with van der Waals surface area (Å²) in [5, 5.41) is 8.67. The van der Waals surface area contributed by atoms with Crippen LogP contribution in [0.5, 0.6) is 5.75 Å². The van der Waals surface area contributed by atoms with Gasteiger partial charge in [0.1, 0.15) is 12.4 Å². The van der Waals surface area contributed by atoms with Gasteiger partial charge in [0.15, 0.2) is 0 Å². The highest BCUT2D eigenvalue weighted by Gasteiger charge is 2.07. The number of nitriles is 1. The second-order valence-electron chi connectivity index (χ2n) is 4.91. The summed E-state index contributed by atoms with van der Waals surface area (Å²) >= 11 is 3.42. The molecule has 1 aromatic rings. The molecular formula is C15H21BrN2O. The zero-order valence-corrected chi connectivity index (χ0v) is 13.2. The molecule has 0 aliphatic heterocycles. The van der Waals surface area contributed by atoms with E-state index in [0.29, 0.717) is 18.9 Å². The van der Waals surface area contributed by atoms with E-state index < -0.39 is 0 Å². The number of nitrogens with zero attached hydrogens (tertiary/aromatic N) is 2. The van der Waals surface area contributed by atoms with Crippen LogP contribution >= 0.6 is 15.9 Å². The van der Waals surface area contributed by atoms with E-state index in [-0.39, 0.29) is 0 Å². The molecule has 0 fully saturated rings. The number of benzene rings is 1. The van der Waals surface area contributed by atoms with Crippen molar-refractivity contribution >= 4 is 15.9 Å². The molecule has 0 saturated heterocycles. The Labute approximate surface area is 124 Å². The summed E-state index contributed by atoms with van der Waals surface area (Å²) in [4.78, 5) is 2.28. The van der Waals surface area contributed by atoms with Gasteiger partial charge in [0.2, 0.25) is 0 Å². The second kappa shape index (κ2) is 8.95. The number of ether oxygens (including phenoxy) is 1. The molecule has 0 aromatic heterocycles. The molecule has 0 N–H and O–H groups in total. The van der Waals surface area contributed by atoms with Crippen LogP contribution in [0.15, 0.2) is 28.7 Å². The van der Waals surface area contributed by atoms with Crippen LogP contribution in [0.1, 0.15) is 20.3 Å². The molecule has 0 heterocycles. The molecule has 0 bridgehead atoms. The Morgan fingerprint density at radius 3 is 2.79 bits per heavy atom. The maximum Gasteiger partial charge on any atom is 0.120 e. The fraction of sp³-hybridized carbons (Fsp3) is 0.533. The van der Waals surface area contributed by atoms with Gasteiger partial charge < -0.3 is 4.74 Å². The fourth-order valence-corrected chi connectivity index (χ4v) is 2.25. The number of hydrogen-bond donors (Lipinski definition) is 0. The average molecular weight is 325 g/mol. The highest BCUT2D eigenvalue weighted by Crippen LogP contribution is 2.17. The summed E-state index contributed by atoms with van der Waals surface area (Å²) in [5.41, 5.74) is 0. The van der Waals surface area contributed by atoms with E-state index in [9.17, 15) is 0 Å². The van der Waals surface area contributed by atoms with Gasteiger partial charge in [-0.3, -0.25) is 4.90 Å². The van der Waals surface area contributed by atoms with Gasteiger partial charge in [-0.2, -0.15) is 5.26 Å². The largest absolute Gasteiger partial charge is 0.492 e. The van der Waals surface area contributed by atoms with E-state index in [0.717, 1.165) is 29.9 Å². The molecule has 1 rings (SSSR count). The van der Waals surface area contributed by atoms with Crippen LogP contribution in [0.25, 0.3) is 0 Å². The molecule has 0 aliphatic rings. The first-order chi connectivity index (χ1) is 9.11. The lowest BCUT2D eigenvalue weighted by Gasteiger charge is -2.23. The Hall–Kier alpha value is -1.05. The van der Waals surface area contributed by atoms with Gasteiger partial charge in [0, 0.05) is 30.5 Å². The van der Waals surface area contributed by atoms with Crippen LogP contribution in [0.2, 0.25) is 0 Å². The Balaban J connectivity index is 2.36. The SMILES string of the molecule is CC(C)CN(CCC#N)CCOc1cccc(Br)c1. The number of rotatable bonds is 8. The van der Waals surface area contributed by atoms with Crippen molar-refractivity contribution in [3.05, 3.63) is 28.7 Å². The quantitative estimate of drug-likeness (QED) is 0.731. The molecule has 0 atom stereocenters. The highest BCUT2D eigenvalue weighted by atomic mass is 79.9. The summed E-state index contributed by atoms with van der Waals surface area (Å²) < 4.78 is 6.75. The summed E-state index contributed by atoms with van der Waals surface area (Å²) in [5.74, 6) is 1.48. The maximum atomic E-state index is 8.67. The van der Waals surface area contributed by atoms with Crippen LogP contribution in [0.3, 0.4) is 0 Å². The molecule has 4 heteroatoms. The number of halogens is 1. The molecule has 1 aromatic carbocycles. The molecule has 0 aliphatic carbocycles. The first kappa shape index (κ1) is 16.0. The van der Waals surface area contributed by atoms with Crippen LogP contribution in [-0.4, -0.2) is 31.1 Å². The van der Waals surface area contributed by atoms with E-state index >= 15 is 0 Å². The van der Waals surface area contributed by atoms with Gasteiger partial charge in [-0.25, -0.2) is 0 Å². The van der Waals surface area contributed by atoms with Gasteiger partial charge in [0.25, 0.3) is 0 Å². The lowest BCUT2D eigenvalue weighted by Crippen LogP contribution is -2.32. The standard InChI is InChI=1S/C15H21BrN2O/c1-13(2)12-18(8-4-7-17)9-10-19-15-6-3-5-14(16)11-15/h3,5-6,11,13H,4,8-10,12H2,1-2H3. The third kappa shape index (κ3) is 7.19. The predicted octanol–water partition coefficient (Wildman–Crippen LogP) is 3.70. The van der Waals surface area contributed by atoms with Gasteiger partial charge in [-0.05, 0) is 24.1 Å². The van der Waals surface area contributed by atoms with Crippen molar-refractivity contribution in [3.8, 4) is 11.8 Å². The Morgan fingerprint density at radius 1 is 1.37 bits per heavy atom. The zero-order valence-electron chi connectivity index (χ0n) is 11.6. The summed E-state index contributed by atoms with van der Waals surface area (Å²) in [6.07, 6.45) is 0.573. The van der Waals surface area contributed by atoms with Crippen LogP contribution < -0.4 is 4.74 Å². The van der Waals surface area contributed by atoms with Gasteiger partial charge in [0.05, 0.1) is 6.07 Å². The van der Waals surface area contributed by atoms with Gasteiger partial charge in [-0.15, -0.1) is 0 Å². The monoisotopic (exact) mass is 324 g/mol. The van der Waals surface area contributed by atoms with Crippen LogP contribution in [0, 0.1) is 17.2 Å². The minimum atomic E-state index is 0.573. The smallest absolute Gasteiger partial charge is 0.120 e. The Bertz CT molecular complexity index is 415.